The zero-order chi connectivity index (χ0) is 17.9. The molecule has 26 heavy (non-hydrogen) atoms. The van der Waals surface area contributed by atoms with E-state index in [2.05, 4.69) is 20.1 Å². The van der Waals surface area contributed by atoms with E-state index in [-0.39, 0.29) is 5.92 Å². The van der Waals surface area contributed by atoms with Gasteiger partial charge in [0.1, 0.15) is 5.69 Å². The molecule has 0 amide bonds. The van der Waals surface area contributed by atoms with E-state index in [0.29, 0.717) is 36.1 Å². The maximum atomic E-state index is 13.9. The molecule has 5 nitrogen and oxygen atoms in total. The first-order valence-corrected chi connectivity index (χ1v) is 8.61. The van der Waals surface area contributed by atoms with Gasteiger partial charge in [-0.05, 0) is 37.6 Å². The van der Waals surface area contributed by atoms with E-state index in [0.717, 1.165) is 25.5 Å². The number of aromatic nitrogens is 3. The van der Waals surface area contributed by atoms with Gasteiger partial charge in [-0.3, -0.25) is 9.88 Å². The van der Waals surface area contributed by atoms with Crippen LogP contribution in [0.1, 0.15) is 30.2 Å². The second-order valence-corrected chi connectivity index (χ2v) is 6.45. The van der Waals surface area contributed by atoms with Gasteiger partial charge in [-0.1, -0.05) is 18.2 Å². The SMILES string of the molecule is Fc1cccc(CN2CCC[C@H](c3nnc(-c4ccccn4)o3)C2)c1F. The molecule has 1 aromatic carbocycles. The van der Waals surface area contributed by atoms with Crippen LogP contribution < -0.4 is 0 Å². The third-order valence-corrected chi connectivity index (χ3v) is 4.60. The third kappa shape index (κ3) is 3.48. The molecule has 134 valence electrons. The summed E-state index contributed by atoms with van der Waals surface area (Å²) in [5.74, 6) is -0.549. The first-order chi connectivity index (χ1) is 12.7. The monoisotopic (exact) mass is 356 g/mol. The van der Waals surface area contributed by atoms with Crippen LogP contribution in [0.5, 0.6) is 0 Å². The van der Waals surface area contributed by atoms with Crippen molar-refractivity contribution >= 4 is 0 Å². The van der Waals surface area contributed by atoms with Gasteiger partial charge >= 0.3 is 0 Å². The highest BCUT2D eigenvalue weighted by Crippen LogP contribution is 2.29. The third-order valence-electron chi connectivity index (χ3n) is 4.60. The molecule has 0 N–H and O–H groups in total. The van der Waals surface area contributed by atoms with Gasteiger partial charge in [-0.25, -0.2) is 8.78 Å². The Kier molecular flexibility index (Phi) is 4.71. The quantitative estimate of drug-likeness (QED) is 0.712. The summed E-state index contributed by atoms with van der Waals surface area (Å²) in [5, 5.41) is 8.26. The number of piperidine rings is 1. The van der Waals surface area contributed by atoms with Crippen LogP contribution in [0.4, 0.5) is 8.78 Å². The summed E-state index contributed by atoms with van der Waals surface area (Å²) in [5.41, 5.74) is 1.01. The lowest BCUT2D eigenvalue weighted by atomic mass is 9.97. The average molecular weight is 356 g/mol. The molecule has 0 aliphatic carbocycles. The first kappa shape index (κ1) is 16.8. The standard InChI is InChI=1S/C19H18F2N4O/c20-15-7-3-5-13(17(15)21)11-25-10-4-6-14(12-25)18-23-24-19(26-18)16-8-1-2-9-22-16/h1-3,5,7-9,14H,4,6,10-12H2/t14-/m0/s1. The zero-order valence-electron chi connectivity index (χ0n) is 14.1. The molecule has 0 unspecified atom stereocenters. The topological polar surface area (TPSA) is 55.1 Å². The predicted octanol–water partition coefficient (Wildman–Crippen LogP) is 3.79. The van der Waals surface area contributed by atoms with Gasteiger partial charge in [0.25, 0.3) is 5.89 Å². The van der Waals surface area contributed by atoms with Gasteiger partial charge in [-0.15, -0.1) is 10.2 Å². The molecule has 1 aliphatic heterocycles. The van der Waals surface area contributed by atoms with Crippen molar-refractivity contribution in [1.82, 2.24) is 20.1 Å². The van der Waals surface area contributed by atoms with Crippen molar-refractivity contribution in [3.63, 3.8) is 0 Å². The van der Waals surface area contributed by atoms with E-state index in [1.807, 2.05) is 18.2 Å². The van der Waals surface area contributed by atoms with E-state index >= 15 is 0 Å². The Labute approximate surface area is 149 Å². The Hall–Kier alpha value is -2.67. The lowest BCUT2D eigenvalue weighted by Crippen LogP contribution is -2.34. The van der Waals surface area contributed by atoms with Crippen LogP contribution in [0, 0.1) is 11.6 Å². The highest BCUT2D eigenvalue weighted by molar-refractivity contribution is 5.45. The number of likely N-dealkylation sites (tertiary alicyclic amines) is 1. The van der Waals surface area contributed by atoms with E-state index in [1.54, 1.807) is 12.3 Å². The van der Waals surface area contributed by atoms with Crippen LogP contribution in [0.3, 0.4) is 0 Å². The van der Waals surface area contributed by atoms with Crippen LogP contribution in [0.15, 0.2) is 47.0 Å². The zero-order valence-corrected chi connectivity index (χ0v) is 14.1. The van der Waals surface area contributed by atoms with Gasteiger partial charge in [0, 0.05) is 24.8 Å². The Morgan fingerprint density at radius 2 is 2.04 bits per heavy atom. The molecule has 4 rings (SSSR count). The summed E-state index contributed by atoms with van der Waals surface area (Å²) in [4.78, 5) is 6.31. The van der Waals surface area contributed by atoms with Crippen LogP contribution in [0.2, 0.25) is 0 Å². The van der Waals surface area contributed by atoms with Gasteiger partial charge < -0.3 is 4.42 Å². The Bertz CT molecular complexity index is 884. The summed E-state index contributed by atoms with van der Waals surface area (Å²) in [6.45, 7) is 1.86. The second-order valence-electron chi connectivity index (χ2n) is 6.45. The molecule has 0 saturated carbocycles. The minimum Gasteiger partial charge on any atom is -0.419 e. The predicted molar refractivity (Wildman–Crippen MR) is 91.1 cm³/mol. The molecule has 3 heterocycles. The van der Waals surface area contributed by atoms with Crippen molar-refractivity contribution in [2.45, 2.75) is 25.3 Å². The molecule has 1 atom stereocenters. The fourth-order valence-corrected chi connectivity index (χ4v) is 3.30. The number of hydrogen-bond acceptors (Lipinski definition) is 5. The largest absolute Gasteiger partial charge is 0.419 e. The van der Waals surface area contributed by atoms with Crippen LogP contribution in [-0.4, -0.2) is 33.2 Å². The van der Waals surface area contributed by atoms with Crippen molar-refractivity contribution in [2.24, 2.45) is 0 Å². The molecular weight excluding hydrogens is 338 g/mol. The van der Waals surface area contributed by atoms with Gasteiger partial charge in [0.15, 0.2) is 11.6 Å². The maximum absolute atomic E-state index is 13.9. The summed E-state index contributed by atoms with van der Waals surface area (Å²) >= 11 is 0. The van der Waals surface area contributed by atoms with Crippen molar-refractivity contribution < 1.29 is 13.2 Å². The van der Waals surface area contributed by atoms with E-state index in [4.69, 9.17) is 4.42 Å². The van der Waals surface area contributed by atoms with Crippen molar-refractivity contribution in [2.75, 3.05) is 13.1 Å². The normalized spacial score (nSPS) is 18.2. The number of pyridine rings is 1. The fourth-order valence-electron chi connectivity index (χ4n) is 3.30. The minimum atomic E-state index is -0.812. The van der Waals surface area contributed by atoms with Gasteiger partial charge in [0.05, 0.1) is 5.92 Å². The Morgan fingerprint density at radius 1 is 1.12 bits per heavy atom. The number of halogens is 2. The number of hydrogen-bond donors (Lipinski definition) is 0. The van der Waals surface area contributed by atoms with Crippen LogP contribution >= 0.6 is 0 Å². The fraction of sp³-hybridized carbons (Fsp3) is 0.316. The van der Waals surface area contributed by atoms with Gasteiger partial charge in [0.2, 0.25) is 5.89 Å². The highest BCUT2D eigenvalue weighted by atomic mass is 19.2. The molecule has 1 fully saturated rings. The molecule has 3 aromatic rings. The molecular formula is C19H18F2N4O. The molecule has 0 bridgehead atoms. The molecule has 1 aliphatic rings. The first-order valence-electron chi connectivity index (χ1n) is 8.61. The van der Waals surface area contributed by atoms with E-state index in [9.17, 15) is 8.78 Å². The number of rotatable bonds is 4. The maximum Gasteiger partial charge on any atom is 0.266 e. The molecule has 0 spiro atoms. The van der Waals surface area contributed by atoms with Crippen molar-refractivity contribution in [1.29, 1.82) is 0 Å². The average Bonchev–Trinajstić information content (AvgIpc) is 3.17. The lowest BCUT2D eigenvalue weighted by Gasteiger charge is -2.31. The summed E-state index contributed by atoms with van der Waals surface area (Å²) in [6.07, 6.45) is 3.53. The summed E-state index contributed by atoms with van der Waals surface area (Å²) in [6, 6.07) is 9.79. The van der Waals surface area contributed by atoms with Gasteiger partial charge in [-0.2, -0.15) is 0 Å². The molecule has 0 radical (unpaired) electrons. The molecule has 7 heteroatoms. The minimum absolute atomic E-state index is 0.0744. The highest BCUT2D eigenvalue weighted by Gasteiger charge is 2.27. The van der Waals surface area contributed by atoms with Crippen molar-refractivity contribution in [3.05, 3.63) is 65.7 Å². The van der Waals surface area contributed by atoms with Crippen LogP contribution in [0.25, 0.3) is 11.6 Å². The smallest absolute Gasteiger partial charge is 0.266 e. The molecule has 2 aromatic heterocycles. The van der Waals surface area contributed by atoms with Crippen molar-refractivity contribution in [3.8, 4) is 11.6 Å². The molecule has 1 saturated heterocycles. The Morgan fingerprint density at radius 3 is 2.88 bits per heavy atom. The number of nitrogens with zero attached hydrogens (tertiary/aromatic N) is 4. The Balaban J connectivity index is 1.47. The summed E-state index contributed by atoms with van der Waals surface area (Å²) in [7, 11) is 0. The van der Waals surface area contributed by atoms with Crippen LogP contribution in [-0.2, 0) is 6.54 Å². The number of benzene rings is 1. The lowest BCUT2D eigenvalue weighted by molar-refractivity contribution is 0.184. The summed E-state index contributed by atoms with van der Waals surface area (Å²) < 4.78 is 33.1. The van der Waals surface area contributed by atoms with E-state index < -0.39 is 11.6 Å². The van der Waals surface area contributed by atoms with E-state index in [1.165, 1.54) is 6.07 Å². The second kappa shape index (κ2) is 7.29.